The van der Waals surface area contributed by atoms with Crippen LogP contribution in [0.2, 0.25) is 0 Å². The van der Waals surface area contributed by atoms with Crippen LogP contribution in [-0.2, 0) is 11.3 Å². The molecule has 0 aliphatic rings. The van der Waals surface area contributed by atoms with E-state index in [1.807, 2.05) is 31.5 Å². The molecule has 0 fully saturated rings. The third-order valence-electron chi connectivity index (χ3n) is 1.98. The molecule has 78 valence electrons. The van der Waals surface area contributed by atoms with Gasteiger partial charge < -0.3 is 4.90 Å². The molecule has 1 aromatic rings. The Morgan fingerprint density at radius 1 is 1.71 bits per heavy atom. The quantitative estimate of drug-likeness (QED) is 0.774. The molecule has 1 atom stereocenters. The standard InChI is InChI=1S/C10H14BrNOS/c1-3-9(11)10(13)12(2)7-8-5-4-6-14-8/h4-6,9H,3,7H2,1-2H3. The SMILES string of the molecule is CCC(Br)C(=O)N(C)Cc1cccs1. The Morgan fingerprint density at radius 2 is 2.43 bits per heavy atom. The average Bonchev–Trinajstić information content (AvgIpc) is 2.68. The third-order valence-corrected chi connectivity index (χ3v) is 3.88. The number of rotatable bonds is 4. The highest BCUT2D eigenvalue weighted by atomic mass is 79.9. The smallest absolute Gasteiger partial charge is 0.236 e. The van der Waals surface area contributed by atoms with E-state index in [-0.39, 0.29) is 10.7 Å². The number of nitrogens with zero attached hydrogens (tertiary/aromatic N) is 1. The molecule has 0 N–H and O–H groups in total. The van der Waals surface area contributed by atoms with Gasteiger partial charge in [0.15, 0.2) is 0 Å². The lowest BCUT2D eigenvalue weighted by Crippen LogP contribution is -2.32. The molecule has 0 bridgehead atoms. The van der Waals surface area contributed by atoms with Gasteiger partial charge in [-0.15, -0.1) is 11.3 Å². The number of hydrogen-bond acceptors (Lipinski definition) is 2. The van der Waals surface area contributed by atoms with E-state index in [0.717, 1.165) is 6.42 Å². The molecule has 0 aromatic carbocycles. The van der Waals surface area contributed by atoms with Gasteiger partial charge in [-0.3, -0.25) is 4.79 Å². The lowest BCUT2D eigenvalue weighted by atomic mass is 10.3. The fraction of sp³-hybridized carbons (Fsp3) is 0.500. The second-order valence-corrected chi connectivity index (χ2v) is 5.29. The van der Waals surface area contributed by atoms with Crippen molar-refractivity contribution < 1.29 is 4.79 Å². The maximum Gasteiger partial charge on any atom is 0.236 e. The highest BCUT2D eigenvalue weighted by molar-refractivity contribution is 9.10. The number of halogens is 1. The van der Waals surface area contributed by atoms with Crippen molar-refractivity contribution in [1.82, 2.24) is 4.90 Å². The van der Waals surface area contributed by atoms with Crippen molar-refractivity contribution in [3.8, 4) is 0 Å². The van der Waals surface area contributed by atoms with Gasteiger partial charge in [0, 0.05) is 11.9 Å². The summed E-state index contributed by atoms with van der Waals surface area (Å²) in [5.74, 6) is 0.154. The maximum atomic E-state index is 11.7. The molecule has 0 aliphatic heterocycles. The van der Waals surface area contributed by atoms with Crippen molar-refractivity contribution in [2.24, 2.45) is 0 Å². The fourth-order valence-corrected chi connectivity index (χ4v) is 2.23. The van der Waals surface area contributed by atoms with E-state index in [1.54, 1.807) is 16.2 Å². The number of thiophene rings is 1. The summed E-state index contributed by atoms with van der Waals surface area (Å²) in [7, 11) is 1.84. The monoisotopic (exact) mass is 275 g/mol. The van der Waals surface area contributed by atoms with Crippen molar-refractivity contribution >= 4 is 33.2 Å². The number of hydrogen-bond donors (Lipinski definition) is 0. The van der Waals surface area contributed by atoms with Gasteiger partial charge in [-0.05, 0) is 17.9 Å². The van der Waals surface area contributed by atoms with Crippen LogP contribution in [0.25, 0.3) is 0 Å². The van der Waals surface area contributed by atoms with Crippen LogP contribution >= 0.6 is 27.3 Å². The van der Waals surface area contributed by atoms with Crippen LogP contribution in [0.15, 0.2) is 17.5 Å². The Morgan fingerprint density at radius 3 is 2.93 bits per heavy atom. The van der Waals surface area contributed by atoms with Crippen LogP contribution in [-0.4, -0.2) is 22.7 Å². The van der Waals surface area contributed by atoms with E-state index < -0.39 is 0 Å². The van der Waals surface area contributed by atoms with E-state index in [1.165, 1.54) is 4.88 Å². The molecule has 1 unspecified atom stereocenters. The van der Waals surface area contributed by atoms with Gasteiger partial charge in [0.1, 0.15) is 0 Å². The molecule has 1 rings (SSSR count). The zero-order valence-corrected chi connectivity index (χ0v) is 10.8. The van der Waals surface area contributed by atoms with Crippen LogP contribution in [0.3, 0.4) is 0 Å². The fourth-order valence-electron chi connectivity index (χ4n) is 1.13. The number of amides is 1. The first kappa shape index (κ1) is 11.7. The van der Waals surface area contributed by atoms with Crippen molar-refractivity contribution in [3.63, 3.8) is 0 Å². The summed E-state index contributed by atoms with van der Waals surface area (Å²) in [6.45, 7) is 2.70. The Hall–Kier alpha value is -0.350. The Balaban J connectivity index is 2.50. The molecule has 0 radical (unpaired) electrons. The van der Waals surface area contributed by atoms with E-state index in [2.05, 4.69) is 15.9 Å². The maximum absolute atomic E-state index is 11.7. The zero-order valence-electron chi connectivity index (χ0n) is 8.37. The summed E-state index contributed by atoms with van der Waals surface area (Å²) in [4.78, 5) is 14.6. The topological polar surface area (TPSA) is 20.3 Å². The highest BCUT2D eigenvalue weighted by Gasteiger charge is 2.17. The summed E-state index contributed by atoms with van der Waals surface area (Å²) in [6.07, 6.45) is 0.827. The molecule has 1 heterocycles. The number of alkyl halides is 1. The first-order chi connectivity index (χ1) is 6.65. The van der Waals surface area contributed by atoms with E-state index >= 15 is 0 Å². The summed E-state index contributed by atoms with van der Waals surface area (Å²) >= 11 is 5.04. The van der Waals surface area contributed by atoms with Crippen LogP contribution < -0.4 is 0 Å². The van der Waals surface area contributed by atoms with Gasteiger partial charge in [-0.1, -0.05) is 28.9 Å². The van der Waals surface area contributed by atoms with E-state index in [0.29, 0.717) is 6.54 Å². The van der Waals surface area contributed by atoms with Crippen molar-refractivity contribution in [2.45, 2.75) is 24.7 Å². The van der Waals surface area contributed by atoms with Gasteiger partial charge in [0.25, 0.3) is 0 Å². The third kappa shape index (κ3) is 3.10. The lowest BCUT2D eigenvalue weighted by molar-refractivity contribution is -0.129. The Labute approximate surface area is 97.1 Å². The molecular formula is C10H14BrNOS. The second kappa shape index (κ2) is 5.51. The van der Waals surface area contributed by atoms with Crippen molar-refractivity contribution in [1.29, 1.82) is 0 Å². The number of carbonyl (C=O) groups is 1. The van der Waals surface area contributed by atoms with Crippen LogP contribution in [0.5, 0.6) is 0 Å². The lowest BCUT2D eigenvalue weighted by Gasteiger charge is -2.18. The summed E-state index contributed by atoms with van der Waals surface area (Å²) in [5, 5.41) is 2.03. The summed E-state index contributed by atoms with van der Waals surface area (Å²) in [5.41, 5.74) is 0. The van der Waals surface area contributed by atoms with Crippen LogP contribution in [0, 0.1) is 0 Å². The number of carbonyl (C=O) groups excluding carboxylic acids is 1. The molecule has 0 aliphatic carbocycles. The molecule has 0 saturated heterocycles. The first-order valence-electron chi connectivity index (χ1n) is 4.56. The van der Waals surface area contributed by atoms with Crippen LogP contribution in [0.4, 0.5) is 0 Å². The minimum atomic E-state index is -0.0486. The van der Waals surface area contributed by atoms with Gasteiger partial charge in [0.05, 0.1) is 11.4 Å². The minimum absolute atomic E-state index is 0.0486. The predicted molar refractivity (Wildman–Crippen MR) is 63.8 cm³/mol. The predicted octanol–water partition coefficient (Wildman–Crippen LogP) is 2.88. The minimum Gasteiger partial charge on any atom is -0.340 e. The van der Waals surface area contributed by atoms with E-state index in [4.69, 9.17) is 0 Å². The normalized spacial score (nSPS) is 12.5. The van der Waals surface area contributed by atoms with Gasteiger partial charge in [-0.2, -0.15) is 0 Å². The average molecular weight is 276 g/mol. The van der Waals surface area contributed by atoms with Gasteiger partial charge >= 0.3 is 0 Å². The summed E-state index contributed by atoms with van der Waals surface area (Å²) < 4.78 is 0. The van der Waals surface area contributed by atoms with Crippen LogP contribution in [0.1, 0.15) is 18.2 Å². The molecule has 0 spiro atoms. The molecule has 0 saturated carbocycles. The molecular weight excluding hydrogens is 262 g/mol. The van der Waals surface area contributed by atoms with Gasteiger partial charge in [0.2, 0.25) is 5.91 Å². The summed E-state index contributed by atoms with van der Waals surface area (Å²) in [6, 6.07) is 4.05. The molecule has 14 heavy (non-hydrogen) atoms. The second-order valence-electron chi connectivity index (χ2n) is 3.15. The molecule has 1 amide bonds. The van der Waals surface area contributed by atoms with Crippen molar-refractivity contribution in [3.05, 3.63) is 22.4 Å². The zero-order chi connectivity index (χ0) is 10.6. The molecule has 1 aromatic heterocycles. The highest BCUT2D eigenvalue weighted by Crippen LogP contribution is 2.14. The molecule has 2 nitrogen and oxygen atoms in total. The van der Waals surface area contributed by atoms with Crippen molar-refractivity contribution in [2.75, 3.05) is 7.05 Å². The Bertz CT molecular complexity index is 286. The Kier molecular flexibility index (Phi) is 4.62. The van der Waals surface area contributed by atoms with Gasteiger partial charge in [-0.25, -0.2) is 0 Å². The largest absolute Gasteiger partial charge is 0.340 e. The first-order valence-corrected chi connectivity index (χ1v) is 6.36. The van der Waals surface area contributed by atoms with E-state index in [9.17, 15) is 4.79 Å². The molecule has 4 heteroatoms.